The number of rotatable bonds is 4. The van der Waals surface area contributed by atoms with Gasteiger partial charge in [-0.2, -0.15) is 0 Å². The highest BCUT2D eigenvalue weighted by molar-refractivity contribution is 5.47. The Labute approximate surface area is 122 Å². The van der Waals surface area contributed by atoms with Crippen LogP contribution in [0.1, 0.15) is 29.2 Å². The van der Waals surface area contributed by atoms with E-state index in [1.807, 2.05) is 6.07 Å². The van der Waals surface area contributed by atoms with E-state index in [-0.39, 0.29) is 11.4 Å². The number of phenolic OH excluding ortho intramolecular Hbond substituents is 1. The van der Waals surface area contributed by atoms with Gasteiger partial charge in [0.15, 0.2) is 5.75 Å². The molecule has 21 heavy (non-hydrogen) atoms. The highest BCUT2D eigenvalue weighted by Gasteiger charge is 2.21. The molecule has 0 aromatic heterocycles. The molecule has 0 radical (unpaired) electrons. The second-order valence-corrected chi connectivity index (χ2v) is 5.25. The lowest BCUT2D eigenvalue weighted by atomic mass is 10.1. The van der Waals surface area contributed by atoms with Crippen molar-refractivity contribution in [3.8, 4) is 5.75 Å². The van der Waals surface area contributed by atoms with E-state index in [2.05, 4.69) is 23.5 Å². The Morgan fingerprint density at radius 1 is 1.29 bits per heavy atom. The maximum atomic E-state index is 10.7. The van der Waals surface area contributed by atoms with E-state index < -0.39 is 4.92 Å². The highest BCUT2D eigenvalue weighted by Crippen LogP contribution is 2.31. The van der Waals surface area contributed by atoms with Gasteiger partial charge < -0.3 is 10.4 Å². The standard InChI is InChI=1S/C16H16N2O3/c19-16-9-11(5-8-15(16)18(20)21)10-17-14-7-6-12-3-1-2-4-13(12)14/h1-5,8-9,14,17,19H,6-7,10H2. The monoisotopic (exact) mass is 284 g/mol. The molecule has 0 saturated heterocycles. The number of fused-ring (bicyclic) bond motifs is 1. The minimum Gasteiger partial charge on any atom is -0.502 e. The van der Waals surface area contributed by atoms with Gasteiger partial charge in [0, 0.05) is 18.7 Å². The second-order valence-electron chi connectivity index (χ2n) is 5.25. The Balaban J connectivity index is 1.69. The Bertz CT molecular complexity index is 685. The molecule has 0 fully saturated rings. The lowest BCUT2D eigenvalue weighted by Gasteiger charge is -2.14. The van der Waals surface area contributed by atoms with Crippen LogP contribution in [0, 0.1) is 10.1 Å². The number of aromatic hydroxyl groups is 1. The van der Waals surface area contributed by atoms with Crippen LogP contribution in [0.25, 0.3) is 0 Å². The van der Waals surface area contributed by atoms with Crippen LogP contribution in [0.15, 0.2) is 42.5 Å². The third kappa shape index (κ3) is 2.73. The average Bonchev–Trinajstić information content (AvgIpc) is 2.88. The smallest absolute Gasteiger partial charge is 0.310 e. The Morgan fingerprint density at radius 2 is 2.10 bits per heavy atom. The molecule has 1 unspecified atom stereocenters. The van der Waals surface area contributed by atoms with Gasteiger partial charge >= 0.3 is 5.69 Å². The molecule has 0 amide bonds. The normalized spacial score (nSPS) is 16.7. The molecule has 3 rings (SSSR count). The fraction of sp³-hybridized carbons (Fsp3) is 0.250. The van der Waals surface area contributed by atoms with Gasteiger partial charge in [-0.1, -0.05) is 30.3 Å². The molecule has 0 saturated carbocycles. The molecule has 1 aliphatic carbocycles. The number of aryl methyl sites for hydroxylation is 1. The summed E-state index contributed by atoms with van der Waals surface area (Å²) in [6.07, 6.45) is 2.12. The summed E-state index contributed by atoms with van der Waals surface area (Å²) in [5, 5.41) is 23.8. The topological polar surface area (TPSA) is 75.4 Å². The van der Waals surface area contributed by atoms with E-state index in [1.165, 1.54) is 23.3 Å². The van der Waals surface area contributed by atoms with Crippen LogP contribution in [-0.2, 0) is 13.0 Å². The number of nitro groups is 1. The molecular formula is C16H16N2O3. The van der Waals surface area contributed by atoms with Crippen molar-refractivity contribution in [1.82, 2.24) is 5.32 Å². The van der Waals surface area contributed by atoms with Crippen molar-refractivity contribution in [2.45, 2.75) is 25.4 Å². The summed E-state index contributed by atoms with van der Waals surface area (Å²) in [4.78, 5) is 10.1. The summed E-state index contributed by atoms with van der Waals surface area (Å²) in [5.41, 5.74) is 3.28. The predicted molar refractivity (Wildman–Crippen MR) is 79.1 cm³/mol. The first-order valence-electron chi connectivity index (χ1n) is 6.92. The van der Waals surface area contributed by atoms with Crippen molar-refractivity contribution < 1.29 is 10.0 Å². The third-order valence-corrected chi connectivity index (χ3v) is 3.92. The summed E-state index contributed by atoms with van der Waals surface area (Å²) in [6, 6.07) is 13.1. The Morgan fingerprint density at radius 3 is 2.86 bits per heavy atom. The lowest BCUT2D eigenvalue weighted by Crippen LogP contribution is -2.18. The van der Waals surface area contributed by atoms with Crippen LogP contribution >= 0.6 is 0 Å². The summed E-state index contributed by atoms with van der Waals surface area (Å²) >= 11 is 0. The van der Waals surface area contributed by atoms with E-state index in [9.17, 15) is 15.2 Å². The van der Waals surface area contributed by atoms with Crippen LogP contribution in [0.4, 0.5) is 5.69 Å². The molecule has 1 aliphatic rings. The molecule has 1 atom stereocenters. The molecule has 0 aliphatic heterocycles. The van der Waals surface area contributed by atoms with E-state index in [4.69, 9.17) is 0 Å². The van der Waals surface area contributed by atoms with Crippen molar-refractivity contribution in [2.24, 2.45) is 0 Å². The van der Waals surface area contributed by atoms with E-state index in [0.29, 0.717) is 12.6 Å². The van der Waals surface area contributed by atoms with Gasteiger partial charge in [0.1, 0.15) is 0 Å². The summed E-state index contributed by atoms with van der Waals surface area (Å²) in [7, 11) is 0. The Hall–Kier alpha value is -2.40. The van der Waals surface area contributed by atoms with Gasteiger partial charge in [-0.05, 0) is 35.6 Å². The number of hydrogen-bond donors (Lipinski definition) is 2. The van der Waals surface area contributed by atoms with E-state index in [0.717, 1.165) is 18.4 Å². The molecule has 5 heteroatoms. The first kappa shape index (κ1) is 13.6. The SMILES string of the molecule is O=[N+]([O-])c1ccc(CNC2CCc3ccccc32)cc1O. The molecule has 2 aromatic rings. The van der Waals surface area contributed by atoms with Gasteiger partial charge in [0.05, 0.1) is 4.92 Å². The zero-order valence-electron chi connectivity index (χ0n) is 11.5. The fourth-order valence-electron chi connectivity index (χ4n) is 2.84. The van der Waals surface area contributed by atoms with Crippen molar-refractivity contribution in [1.29, 1.82) is 0 Å². The van der Waals surface area contributed by atoms with Crippen LogP contribution in [0.2, 0.25) is 0 Å². The number of hydrogen-bond acceptors (Lipinski definition) is 4. The molecular weight excluding hydrogens is 268 g/mol. The molecule has 2 N–H and O–H groups in total. The zero-order chi connectivity index (χ0) is 14.8. The maximum Gasteiger partial charge on any atom is 0.310 e. The van der Waals surface area contributed by atoms with Crippen LogP contribution in [0.5, 0.6) is 5.75 Å². The van der Waals surface area contributed by atoms with Crippen LogP contribution < -0.4 is 5.32 Å². The first-order valence-corrected chi connectivity index (χ1v) is 6.92. The molecule has 2 aromatic carbocycles. The molecule has 108 valence electrons. The minimum absolute atomic E-state index is 0.259. The van der Waals surface area contributed by atoms with Crippen molar-refractivity contribution in [2.75, 3.05) is 0 Å². The number of nitro benzene ring substituents is 1. The highest BCUT2D eigenvalue weighted by atomic mass is 16.6. The van der Waals surface area contributed by atoms with Gasteiger partial charge in [0.2, 0.25) is 0 Å². The second kappa shape index (κ2) is 5.54. The van der Waals surface area contributed by atoms with E-state index in [1.54, 1.807) is 6.07 Å². The lowest BCUT2D eigenvalue weighted by molar-refractivity contribution is -0.385. The predicted octanol–water partition coefficient (Wildman–Crippen LogP) is 3.08. The van der Waals surface area contributed by atoms with Crippen LogP contribution in [0.3, 0.4) is 0 Å². The molecule has 5 nitrogen and oxygen atoms in total. The van der Waals surface area contributed by atoms with Gasteiger partial charge in [-0.3, -0.25) is 10.1 Å². The molecule has 0 bridgehead atoms. The average molecular weight is 284 g/mol. The summed E-state index contributed by atoms with van der Waals surface area (Å²) < 4.78 is 0. The minimum atomic E-state index is -0.584. The number of nitrogens with zero attached hydrogens (tertiary/aromatic N) is 1. The quantitative estimate of drug-likeness (QED) is 0.668. The van der Waals surface area contributed by atoms with Gasteiger partial charge in [-0.15, -0.1) is 0 Å². The number of benzene rings is 2. The van der Waals surface area contributed by atoms with Crippen molar-refractivity contribution in [3.63, 3.8) is 0 Å². The first-order chi connectivity index (χ1) is 10.1. The fourth-order valence-corrected chi connectivity index (χ4v) is 2.84. The van der Waals surface area contributed by atoms with Crippen molar-refractivity contribution >= 4 is 5.69 Å². The summed E-state index contributed by atoms with van der Waals surface area (Å²) in [6.45, 7) is 0.574. The third-order valence-electron chi connectivity index (χ3n) is 3.92. The zero-order valence-corrected chi connectivity index (χ0v) is 11.5. The molecule has 0 heterocycles. The molecule has 0 spiro atoms. The van der Waals surface area contributed by atoms with Crippen LogP contribution in [-0.4, -0.2) is 10.0 Å². The largest absolute Gasteiger partial charge is 0.502 e. The summed E-state index contributed by atoms with van der Waals surface area (Å²) in [5.74, 6) is -0.286. The number of nitrogens with one attached hydrogen (secondary N) is 1. The maximum absolute atomic E-state index is 10.7. The van der Waals surface area contributed by atoms with Gasteiger partial charge in [0.25, 0.3) is 0 Å². The number of phenols is 1. The van der Waals surface area contributed by atoms with E-state index >= 15 is 0 Å². The Kier molecular flexibility index (Phi) is 3.58. The van der Waals surface area contributed by atoms with Gasteiger partial charge in [-0.25, -0.2) is 0 Å². The van der Waals surface area contributed by atoms with Crippen molar-refractivity contribution in [3.05, 3.63) is 69.3 Å².